The van der Waals surface area contributed by atoms with Gasteiger partial charge in [-0.25, -0.2) is 0 Å². The number of furan rings is 1. The Bertz CT molecular complexity index is 468. The standard InChI is InChI=1S/C12H12BrNO2/c13-10-2-1-3-11(6-10)16-8-9-4-5-15-12(9)7-14/h1-6H,7-8,14H2. The predicted octanol–water partition coefficient (Wildman–Crippen LogP) is 3.08. The van der Waals surface area contributed by atoms with Gasteiger partial charge in [0.25, 0.3) is 0 Å². The summed E-state index contributed by atoms with van der Waals surface area (Å²) in [7, 11) is 0. The van der Waals surface area contributed by atoms with Gasteiger partial charge < -0.3 is 14.9 Å². The molecule has 0 unspecified atom stereocenters. The summed E-state index contributed by atoms with van der Waals surface area (Å²) >= 11 is 3.39. The van der Waals surface area contributed by atoms with E-state index in [2.05, 4.69) is 15.9 Å². The lowest BCUT2D eigenvalue weighted by atomic mass is 10.2. The maximum Gasteiger partial charge on any atom is 0.123 e. The average molecular weight is 282 g/mol. The Morgan fingerprint density at radius 2 is 2.19 bits per heavy atom. The lowest BCUT2D eigenvalue weighted by Crippen LogP contribution is -2.01. The molecule has 0 aliphatic rings. The van der Waals surface area contributed by atoms with E-state index in [1.54, 1.807) is 6.26 Å². The number of ether oxygens (including phenoxy) is 1. The van der Waals surface area contributed by atoms with Crippen LogP contribution in [0.2, 0.25) is 0 Å². The Labute approximate surface area is 102 Å². The third-order valence-corrected chi connectivity index (χ3v) is 2.71. The van der Waals surface area contributed by atoms with Crippen molar-refractivity contribution in [2.75, 3.05) is 0 Å². The first-order valence-corrected chi connectivity index (χ1v) is 5.72. The Balaban J connectivity index is 2.02. The highest BCUT2D eigenvalue weighted by Crippen LogP contribution is 2.20. The van der Waals surface area contributed by atoms with Gasteiger partial charge in [-0.05, 0) is 24.3 Å². The Hall–Kier alpha value is -1.26. The van der Waals surface area contributed by atoms with Crippen LogP contribution in [0.5, 0.6) is 5.75 Å². The molecule has 0 aliphatic heterocycles. The lowest BCUT2D eigenvalue weighted by Gasteiger charge is -2.05. The van der Waals surface area contributed by atoms with Crippen molar-refractivity contribution < 1.29 is 9.15 Å². The predicted molar refractivity (Wildman–Crippen MR) is 65.1 cm³/mol. The first-order chi connectivity index (χ1) is 7.79. The van der Waals surface area contributed by atoms with E-state index in [0.717, 1.165) is 21.5 Å². The first kappa shape index (κ1) is 11.2. The van der Waals surface area contributed by atoms with Gasteiger partial charge in [0, 0.05) is 10.0 Å². The van der Waals surface area contributed by atoms with Crippen molar-refractivity contribution in [2.24, 2.45) is 5.73 Å². The smallest absolute Gasteiger partial charge is 0.123 e. The van der Waals surface area contributed by atoms with Crippen LogP contribution in [-0.4, -0.2) is 0 Å². The summed E-state index contributed by atoms with van der Waals surface area (Å²) in [6.07, 6.45) is 1.63. The molecule has 0 bridgehead atoms. The van der Waals surface area contributed by atoms with Crippen LogP contribution in [0.25, 0.3) is 0 Å². The second-order valence-electron chi connectivity index (χ2n) is 3.32. The first-order valence-electron chi connectivity index (χ1n) is 4.93. The second-order valence-corrected chi connectivity index (χ2v) is 4.23. The largest absolute Gasteiger partial charge is 0.489 e. The van der Waals surface area contributed by atoms with Gasteiger partial charge in [-0.1, -0.05) is 22.0 Å². The normalized spacial score (nSPS) is 10.4. The number of benzene rings is 1. The van der Waals surface area contributed by atoms with Crippen LogP contribution >= 0.6 is 15.9 Å². The van der Waals surface area contributed by atoms with E-state index in [1.807, 2.05) is 30.3 Å². The maximum atomic E-state index is 5.63. The van der Waals surface area contributed by atoms with Crippen LogP contribution in [0.3, 0.4) is 0 Å². The van der Waals surface area contributed by atoms with Gasteiger partial charge in [-0.3, -0.25) is 0 Å². The molecular weight excluding hydrogens is 270 g/mol. The molecule has 0 radical (unpaired) electrons. The molecule has 0 aliphatic carbocycles. The summed E-state index contributed by atoms with van der Waals surface area (Å²) in [5, 5.41) is 0. The third-order valence-electron chi connectivity index (χ3n) is 2.21. The minimum Gasteiger partial charge on any atom is -0.489 e. The van der Waals surface area contributed by atoms with Crippen molar-refractivity contribution >= 4 is 15.9 Å². The number of rotatable bonds is 4. The fourth-order valence-electron chi connectivity index (χ4n) is 1.39. The van der Waals surface area contributed by atoms with Crippen LogP contribution in [-0.2, 0) is 13.2 Å². The van der Waals surface area contributed by atoms with Gasteiger partial charge in [0.2, 0.25) is 0 Å². The van der Waals surface area contributed by atoms with Gasteiger partial charge in [-0.2, -0.15) is 0 Å². The minimum absolute atomic E-state index is 0.393. The van der Waals surface area contributed by atoms with Gasteiger partial charge >= 0.3 is 0 Å². The maximum absolute atomic E-state index is 5.63. The third kappa shape index (κ3) is 2.65. The van der Waals surface area contributed by atoms with Crippen molar-refractivity contribution in [3.8, 4) is 5.75 Å². The number of nitrogens with two attached hydrogens (primary N) is 1. The fourth-order valence-corrected chi connectivity index (χ4v) is 1.77. The zero-order valence-electron chi connectivity index (χ0n) is 8.65. The molecule has 84 valence electrons. The molecule has 0 atom stereocenters. The van der Waals surface area contributed by atoms with E-state index in [9.17, 15) is 0 Å². The zero-order valence-corrected chi connectivity index (χ0v) is 10.2. The van der Waals surface area contributed by atoms with Crippen LogP contribution in [0.1, 0.15) is 11.3 Å². The molecule has 2 rings (SSSR count). The van der Waals surface area contributed by atoms with Crippen molar-refractivity contribution in [1.82, 2.24) is 0 Å². The topological polar surface area (TPSA) is 48.4 Å². The monoisotopic (exact) mass is 281 g/mol. The highest BCUT2D eigenvalue weighted by molar-refractivity contribution is 9.10. The molecule has 3 nitrogen and oxygen atoms in total. The van der Waals surface area contributed by atoms with Crippen molar-refractivity contribution in [1.29, 1.82) is 0 Å². The highest BCUT2D eigenvalue weighted by atomic mass is 79.9. The summed E-state index contributed by atoms with van der Waals surface area (Å²) in [5.41, 5.74) is 6.52. The quantitative estimate of drug-likeness (QED) is 0.937. The van der Waals surface area contributed by atoms with E-state index in [-0.39, 0.29) is 0 Å². The molecule has 2 aromatic rings. The molecule has 0 saturated heterocycles. The summed E-state index contributed by atoms with van der Waals surface area (Å²) in [6, 6.07) is 9.59. The molecule has 0 fully saturated rings. The number of hydrogen-bond acceptors (Lipinski definition) is 3. The summed E-state index contributed by atoms with van der Waals surface area (Å²) < 4.78 is 11.8. The Morgan fingerprint density at radius 3 is 2.94 bits per heavy atom. The van der Waals surface area contributed by atoms with Crippen LogP contribution < -0.4 is 10.5 Å². The van der Waals surface area contributed by atoms with Crippen LogP contribution in [0.15, 0.2) is 45.5 Å². The molecule has 0 saturated carbocycles. The molecule has 1 aromatic carbocycles. The molecule has 1 heterocycles. The van der Waals surface area contributed by atoms with Crippen molar-refractivity contribution in [2.45, 2.75) is 13.2 Å². The minimum atomic E-state index is 0.393. The van der Waals surface area contributed by atoms with Crippen LogP contribution in [0, 0.1) is 0 Å². The molecule has 0 amide bonds. The Morgan fingerprint density at radius 1 is 1.31 bits per heavy atom. The Kier molecular flexibility index (Phi) is 3.64. The summed E-state index contributed by atoms with van der Waals surface area (Å²) in [6.45, 7) is 0.865. The van der Waals surface area contributed by atoms with Gasteiger partial charge in [0.05, 0.1) is 12.8 Å². The molecule has 16 heavy (non-hydrogen) atoms. The van der Waals surface area contributed by atoms with E-state index in [4.69, 9.17) is 14.9 Å². The SMILES string of the molecule is NCc1occc1COc1cccc(Br)c1. The fraction of sp³-hybridized carbons (Fsp3) is 0.167. The summed E-state index contributed by atoms with van der Waals surface area (Å²) in [4.78, 5) is 0. The lowest BCUT2D eigenvalue weighted by molar-refractivity contribution is 0.302. The van der Waals surface area contributed by atoms with Gasteiger partial charge in [0.15, 0.2) is 0 Å². The average Bonchev–Trinajstić information content (AvgIpc) is 2.74. The van der Waals surface area contributed by atoms with Gasteiger partial charge in [0.1, 0.15) is 18.1 Å². The molecular formula is C12H12BrNO2. The van der Waals surface area contributed by atoms with E-state index in [1.165, 1.54) is 0 Å². The number of halogens is 1. The van der Waals surface area contributed by atoms with E-state index < -0.39 is 0 Å². The highest BCUT2D eigenvalue weighted by Gasteiger charge is 2.05. The second kappa shape index (κ2) is 5.18. The zero-order chi connectivity index (χ0) is 11.4. The van der Waals surface area contributed by atoms with Crippen molar-refractivity contribution in [3.05, 3.63) is 52.4 Å². The molecule has 2 N–H and O–H groups in total. The van der Waals surface area contributed by atoms with Gasteiger partial charge in [-0.15, -0.1) is 0 Å². The van der Waals surface area contributed by atoms with E-state index in [0.29, 0.717) is 13.2 Å². The van der Waals surface area contributed by atoms with Crippen LogP contribution in [0.4, 0.5) is 0 Å². The van der Waals surface area contributed by atoms with Crippen molar-refractivity contribution in [3.63, 3.8) is 0 Å². The number of hydrogen-bond donors (Lipinski definition) is 1. The molecule has 4 heteroatoms. The molecule has 0 spiro atoms. The molecule has 1 aromatic heterocycles. The summed E-state index contributed by atoms with van der Waals surface area (Å²) in [5.74, 6) is 1.59. The van der Waals surface area contributed by atoms with E-state index >= 15 is 0 Å².